The van der Waals surface area contributed by atoms with Crippen LogP contribution in [-0.2, 0) is 0 Å². The van der Waals surface area contributed by atoms with Gasteiger partial charge in [0, 0.05) is 0 Å². The first kappa shape index (κ1) is 10.7. The smallest absolute Gasteiger partial charge is 0.0299 e. The second-order valence-corrected chi connectivity index (χ2v) is 4.00. The summed E-state index contributed by atoms with van der Waals surface area (Å²) in [7, 11) is 0. The van der Waals surface area contributed by atoms with Crippen molar-refractivity contribution < 1.29 is 0 Å². The standard InChI is InChI=1S/C11H22/c1-5-7-8-10-11(3,4)9-6-2/h7-8H,5-6,9-10H2,1-4H3. The van der Waals surface area contributed by atoms with Gasteiger partial charge < -0.3 is 0 Å². The molecule has 0 saturated carbocycles. The van der Waals surface area contributed by atoms with E-state index in [9.17, 15) is 0 Å². The van der Waals surface area contributed by atoms with Crippen molar-refractivity contribution in [2.75, 3.05) is 0 Å². The van der Waals surface area contributed by atoms with Crippen molar-refractivity contribution in [2.45, 2.75) is 53.4 Å². The number of allylic oxidation sites excluding steroid dienone is 2. The first-order chi connectivity index (χ1) is 5.12. The van der Waals surface area contributed by atoms with Gasteiger partial charge in [-0.25, -0.2) is 0 Å². The van der Waals surface area contributed by atoms with E-state index in [0.29, 0.717) is 5.41 Å². The minimum atomic E-state index is 0.514. The van der Waals surface area contributed by atoms with Crippen LogP contribution in [0.2, 0.25) is 0 Å². The molecule has 0 unspecified atom stereocenters. The highest BCUT2D eigenvalue weighted by atomic mass is 14.2. The van der Waals surface area contributed by atoms with E-state index in [1.807, 2.05) is 0 Å². The van der Waals surface area contributed by atoms with E-state index in [2.05, 4.69) is 39.8 Å². The molecule has 0 saturated heterocycles. The van der Waals surface area contributed by atoms with Crippen LogP contribution in [0.4, 0.5) is 0 Å². The number of hydrogen-bond donors (Lipinski definition) is 0. The van der Waals surface area contributed by atoms with Crippen molar-refractivity contribution in [2.24, 2.45) is 5.41 Å². The van der Waals surface area contributed by atoms with Crippen molar-refractivity contribution in [3.63, 3.8) is 0 Å². The SMILES string of the molecule is CCC=CCC(C)(C)CCC. The summed E-state index contributed by atoms with van der Waals surface area (Å²) in [6, 6.07) is 0. The Morgan fingerprint density at radius 3 is 2.18 bits per heavy atom. The second kappa shape index (κ2) is 5.40. The average Bonchev–Trinajstić information content (AvgIpc) is 1.87. The Bertz CT molecular complexity index is 109. The summed E-state index contributed by atoms with van der Waals surface area (Å²) in [6.07, 6.45) is 9.61. The van der Waals surface area contributed by atoms with E-state index in [-0.39, 0.29) is 0 Å². The highest BCUT2D eigenvalue weighted by Gasteiger charge is 2.13. The van der Waals surface area contributed by atoms with Gasteiger partial charge in [-0.3, -0.25) is 0 Å². The quantitative estimate of drug-likeness (QED) is 0.521. The Morgan fingerprint density at radius 1 is 1.09 bits per heavy atom. The summed E-state index contributed by atoms with van der Waals surface area (Å²) in [5.41, 5.74) is 0.514. The Kier molecular flexibility index (Phi) is 5.27. The van der Waals surface area contributed by atoms with Crippen LogP contribution in [0.5, 0.6) is 0 Å². The molecule has 0 amide bonds. The molecule has 0 aromatic rings. The lowest BCUT2D eigenvalue weighted by Crippen LogP contribution is -2.08. The summed E-state index contributed by atoms with van der Waals surface area (Å²) in [5, 5.41) is 0. The van der Waals surface area contributed by atoms with Crippen molar-refractivity contribution in [3.05, 3.63) is 12.2 Å². The van der Waals surface area contributed by atoms with Crippen molar-refractivity contribution in [3.8, 4) is 0 Å². The first-order valence-corrected chi connectivity index (χ1v) is 4.77. The molecule has 0 heteroatoms. The number of rotatable bonds is 5. The lowest BCUT2D eigenvalue weighted by molar-refractivity contribution is 0.335. The van der Waals surface area contributed by atoms with E-state index in [0.717, 1.165) is 0 Å². The molecule has 0 nitrogen and oxygen atoms in total. The highest BCUT2D eigenvalue weighted by molar-refractivity contribution is 4.86. The van der Waals surface area contributed by atoms with E-state index in [4.69, 9.17) is 0 Å². The molecule has 0 heterocycles. The van der Waals surface area contributed by atoms with E-state index >= 15 is 0 Å². The van der Waals surface area contributed by atoms with Crippen LogP contribution in [0.25, 0.3) is 0 Å². The fourth-order valence-electron chi connectivity index (χ4n) is 1.35. The predicted octanol–water partition coefficient (Wildman–Crippen LogP) is 4.17. The summed E-state index contributed by atoms with van der Waals surface area (Å²) >= 11 is 0. The first-order valence-electron chi connectivity index (χ1n) is 4.77. The highest BCUT2D eigenvalue weighted by Crippen LogP contribution is 2.26. The van der Waals surface area contributed by atoms with Crippen LogP contribution < -0.4 is 0 Å². The van der Waals surface area contributed by atoms with Gasteiger partial charge >= 0.3 is 0 Å². The van der Waals surface area contributed by atoms with Crippen LogP contribution >= 0.6 is 0 Å². The molecule has 0 spiro atoms. The van der Waals surface area contributed by atoms with Crippen LogP contribution in [0.1, 0.15) is 53.4 Å². The molecule has 0 atom stereocenters. The molecule has 0 aliphatic carbocycles. The predicted molar refractivity (Wildman–Crippen MR) is 52.7 cm³/mol. The van der Waals surface area contributed by atoms with Crippen molar-refractivity contribution >= 4 is 0 Å². The Balaban J connectivity index is 3.62. The minimum absolute atomic E-state index is 0.514. The maximum atomic E-state index is 2.34. The zero-order valence-electron chi connectivity index (χ0n) is 8.48. The zero-order valence-corrected chi connectivity index (χ0v) is 8.48. The topological polar surface area (TPSA) is 0 Å². The Morgan fingerprint density at radius 2 is 1.73 bits per heavy atom. The molecule has 0 rings (SSSR count). The largest absolute Gasteiger partial charge is 0.0888 e. The van der Waals surface area contributed by atoms with Crippen LogP contribution in [0.3, 0.4) is 0 Å². The molecular weight excluding hydrogens is 132 g/mol. The van der Waals surface area contributed by atoms with Gasteiger partial charge in [-0.15, -0.1) is 0 Å². The fourth-order valence-corrected chi connectivity index (χ4v) is 1.35. The van der Waals surface area contributed by atoms with E-state index in [1.165, 1.54) is 25.7 Å². The number of hydrogen-bond acceptors (Lipinski definition) is 0. The normalized spacial score (nSPS) is 12.7. The van der Waals surface area contributed by atoms with Gasteiger partial charge in [0.2, 0.25) is 0 Å². The molecule has 0 aromatic heterocycles. The summed E-state index contributed by atoms with van der Waals surface area (Å²) in [4.78, 5) is 0. The van der Waals surface area contributed by atoms with Gasteiger partial charge in [0.25, 0.3) is 0 Å². The molecule has 11 heavy (non-hydrogen) atoms. The maximum Gasteiger partial charge on any atom is -0.0299 e. The average molecular weight is 154 g/mol. The van der Waals surface area contributed by atoms with Crippen LogP contribution in [0.15, 0.2) is 12.2 Å². The molecule has 0 aromatic carbocycles. The van der Waals surface area contributed by atoms with Gasteiger partial charge in [-0.1, -0.05) is 46.3 Å². The third-order valence-corrected chi connectivity index (χ3v) is 2.00. The van der Waals surface area contributed by atoms with Crippen molar-refractivity contribution in [1.29, 1.82) is 0 Å². The minimum Gasteiger partial charge on any atom is -0.0888 e. The third kappa shape index (κ3) is 6.15. The van der Waals surface area contributed by atoms with Crippen LogP contribution in [-0.4, -0.2) is 0 Å². The van der Waals surface area contributed by atoms with Gasteiger partial charge in [-0.05, 0) is 24.7 Å². The fraction of sp³-hybridized carbons (Fsp3) is 0.818. The van der Waals surface area contributed by atoms with Gasteiger partial charge in [0.15, 0.2) is 0 Å². The van der Waals surface area contributed by atoms with Crippen molar-refractivity contribution in [1.82, 2.24) is 0 Å². The molecule has 0 N–H and O–H groups in total. The Labute approximate surface area is 71.7 Å². The molecule has 0 radical (unpaired) electrons. The maximum absolute atomic E-state index is 2.34. The summed E-state index contributed by atoms with van der Waals surface area (Å²) in [5.74, 6) is 0. The van der Waals surface area contributed by atoms with E-state index < -0.39 is 0 Å². The second-order valence-electron chi connectivity index (χ2n) is 4.00. The molecular formula is C11H22. The van der Waals surface area contributed by atoms with Gasteiger partial charge in [-0.2, -0.15) is 0 Å². The molecule has 0 aliphatic heterocycles. The van der Waals surface area contributed by atoms with Gasteiger partial charge in [0.05, 0.1) is 0 Å². The summed E-state index contributed by atoms with van der Waals surface area (Å²) in [6.45, 7) is 9.13. The zero-order chi connectivity index (χ0) is 8.74. The Hall–Kier alpha value is -0.260. The molecule has 0 bridgehead atoms. The van der Waals surface area contributed by atoms with E-state index in [1.54, 1.807) is 0 Å². The van der Waals surface area contributed by atoms with Gasteiger partial charge in [0.1, 0.15) is 0 Å². The lowest BCUT2D eigenvalue weighted by atomic mass is 9.84. The monoisotopic (exact) mass is 154 g/mol. The lowest BCUT2D eigenvalue weighted by Gasteiger charge is -2.21. The van der Waals surface area contributed by atoms with Crippen LogP contribution in [0, 0.1) is 5.41 Å². The molecule has 0 aliphatic rings. The third-order valence-electron chi connectivity index (χ3n) is 2.00. The molecule has 66 valence electrons. The summed E-state index contributed by atoms with van der Waals surface area (Å²) < 4.78 is 0. The molecule has 0 fully saturated rings.